The summed E-state index contributed by atoms with van der Waals surface area (Å²) in [6, 6.07) is 15.0. The maximum atomic E-state index is 15.3. The number of fused-ring (bicyclic) bond motifs is 2. The Labute approximate surface area is 314 Å². The number of benzene rings is 2. The molecule has 5 bridgehead atoms. The van der Waals surface area contributed by atoms with Gasteiger partial charge in [-0.05, 0) is 68.5 Å². The molecule has 0 aliphatic carbocycles. The standard InChI is InChI=1S/C40H49BrN4O7/c1-5-43(6-2)27-16-18-28(19-17-27)44-20-12-8-11-15-32(47)42-23-31(26-13-9-7-10-14-26)51-39(50)33-34-37(48)45(29(24-46)21-25(3)4)36(38(44)49)40(34)22-30(41)35(33)52-40/h7-10,12-14,16-19,22,25,29,31,33-36,46H,5-6,11,15,20-21,23-24H2,1-4H3,(H,42,47)/b12-8-/t29-,31-,33-,34+,35-,36-,40+/m1/s1. The molecule has 12 heteroatoms. The molecule has 4 aliphatic rings. The summed E-state index contributed by atoms with van der Waals surface area (Å²) >= 11 is 3.63. The third-order valence-electron chi connectivity index (χ3n) is 10.7. The van der Waals surface area contributed by atoms with Crippen molar-refractivity contribution in [3.63, 3.8) is 0 Å². The Bertz CT molecular complexity index is 1690. The van der Waals surface area contributed by atoms with Crippen LogP contribution in [0.25, 0.3) is 0 Å². The van der Waals surface area contributed by atoms with E-state index < -0.39 is 59.5 Å². The van der Waals surface area contributed by atoms with Crippen LogP contribution in [0.2, 0.25) is 0 Å². The Morgan fingerprint density at radius 2 is 1.71 bits per heavy atom. The SMILES string of the molecule is CCN(CC)c1ccc(N2C/C=C\CCC(=O)NC[C@H](c3ccccc3)OC(=O)[C@H]3[C@@H]4O[C@@]5(C=C4Br)[C@@H]3C(=O)N([C@@H](CO)CC(C)C)[C@@H]5C2=O)cc1. The van der Waals surface area contributed by atoms with Crippen LogP contribution in [0.5, 0.6) is 0 Å². The average molecular weight is 778 g/mol. The van der Waals surface area contributed by atoms with E-state index in [0.717, 1.165) is 18.8 Å². The van der Waals surface area contributed by atoms with E-state index in [1.54, 1.807) is 11.0 Å². The van der Waals surface area contributed by atoms with Crippen LogP contribution in [-0.4, -0.2) is 90.3 Å². The zero-order valence-corrected chi connectivity index (χ0v) is 31.8. The molecule has 278 valence electrons. The molecule has 2 aromatic carbocycles. The van der Waals surface area contributed by atoms with E-state index in [1.807, 2.05) is 80.6 Å². The first kappa shape index (κ1) is 37.7. The van der Waals surface area contributed by atoms with Crippen LogP contribution < -0.4 is 15.1 Å². The van der Waals surface area contributed by atoms with Crippen molar-refractivity contribution in [3.8, 4) is 0 Å². The molecule has 7 atom stereocenters. The van der Waals surface area contributed by atoms with Gasteiger partial charge in [0.25, 0.3) is 5.91 Å². The maximum Gasteiger partial charge on any atom is 0.313 e. The lowest BCUT2D eigenvalue weighted by molar-refractivity contribution is -0.160. The van der Waals surface area contributed by atoms with Gasteiger partial charge in [-0.2, -0.15) is 0 Å². The van der Waals surface area contributed by atoms with E-state index in [1.165, 1.54) is 4.90 Å². The number of nitrogens with zero attached hydrogens (tertiary/aromatic N) is 3. The molecule has 0 unspecified atom stereocenters. The molecule has 3 amide bonds. The molecule has 4 heterocycles. The Kier molecular flexibility index (Phi) is 11.6. The predicted molar refractivity (Wildman–Crippen MR) is 202 cm³/mol. The predicted octanol–water partition coefficient (Wildman–Crippen LogP) is 4.90. The summed E-state index contributed by atoms with van der Waals surface area (Å²) in [6.07, 6.45) is 4.89. The molecule has 4 aliphatic heterocycles. The van der Waals surface area contributed by atoms with Crippen LogP contribution in [0.1, 0.15) is 58.6 Å². The van der Waals surface area contributed by atoms with Gasteiger partial charge in [-0.3, -0.25) is 19.2 Å². The molecular weight excluding hydrogens is 728 g/mol. The van der Waals surface area contributed by atoms with E-state index in [9.17, 15) is 19.5 Å². The molecule has 2 fully saturated rings. The summed E-state index contributed by atoms with van der Waals surface area (Å²) in [4.78, 5) is 62.8. The fourth-order valence-corrected chi connectivity index (χ4v) is 8.98. The summed E-state index contributed by atoms with van der Waals surface area (Å²) in [5.41, 5.74) is 0.825. The average Bonchev–Trinajstić information content (AvgIpc) is 3.74. The van der Waals surface area contributed by atoms with E-state index in [2.05, 4.69) is 40.0 Å². The number of hydrogen-bond acceptors (Lipinski definition) is 8. The Morgan fingerprint density at radius 1 is 1.00 bits per heavy atom. The highest BCUT2D eigenvalue weighted by Crippen LogP contribution is 2.59. The molecule has 0 radical (unpaired) electrons. The second-order valence-electron chi connectivity index (χ2n) is 14.3. The summed E-state index contributed by atoms with van der Waals surface area (Å²) in [5.74, 6) is -3.76. The molecule has 2 N–H and O–H groups in total. The Hall–Kier alpha value is -4.00. The van der Waals surface area contributed by atoms with Crippen molar-refractivity contribution in [3.05, 3.63) is 82.9 Å². The molecular formula is C40H49BrN4O7. The first-order valence-corrected chi connectivity index (χ1v) is 19.2. The van der Waals surface area contributed by atoms with E-state index in [-0.39, 0.29) is 37.9 Å². The van der Waals surface area contributed by atoms with Gasteiger partial charge in [-0.25, -0.2) is 0 Å². The lowest BCUT2D eigenvalue weighted by Gasteiger charge is -2.39. The number of amides is 3. The molecule has 1 spiro atoms. The number of aliphatic hydroxyl groups is 1. The minimum Gasteiger partial charge on any atom is -0.455 e. The van der Waals surface area contributed by atoms with Crippen molar-refractivity contribution in [2.45, 2.75) is 76.9 Å². The Balaban J connectivity index is 1.47. The highest BCUT2D eigenvalue weighted by molar-refractivity contribution is 9.11. The van der Waals surface area contributed by atoms with Crippen LogP contribution in [0.15, 0.2) is 77.3 Å². The topological polar surface area (TPSA) is 129 Å². The van der Waals surface area contributed by atoms with Crippen LogP contribution in [0.3, 0.4) is 0 Å². The van der Waals surface area contributed by atoms with E-state index >= 15 is 4.79 Å². The van der Waals surface area contributed by atoms with Gasteiger partial charge in [0.05, 0.1) is 25.1 Å². The number of likely N-dealkylation sites (tertiary alicyclic amines) is 1. The smallest absolute Gasteiger partial charge is 0.313 e. The van der Waals surface area contributed by atoms with Crippen LogP contribution in [-0.2, 0) is 28.7 Å². The monoisotopic (exact) mass is 776 g/mol. The normalized spacial score (nSPS) is 29.1. The van der Waals surface area contributed by atoms with Gasteiger partial charge in [0.15, 0.2) is 0 Å². The summed E-state index contributed by atoms with van der Waals surface area (Å²) in [5, 5.41) is 13.7. The summed E-state index contributed by atoms with van der Waals surface area (Å²) in [7, 11) is 0. The van der Waals surface area contributed by atoms with Crippen LogP contribution in [0, 0.1) is 17.8 Å². The van der Waals surface area contributed by atoms with Crippen LogP contribution >= 0.6 is 15.9 Å². The van der Waals surface area contributed by atoms with Crippen molar-refractivity contribution >= 4 is 51.0 Å². The third kappa shape index (κ3) is 7.04. The fourth-order valence-electron chi connectivity index (χ4n) is 8.24. The zero-order chi connectivity index (χ0) is 37.2. The number of nitrogens with one attached hydrogen (secondary N) is 1. The molecule has 6 rings (SSSR count). The number of anilines is 2. The number of esters is 1. The van der Waals surface area contributed by atoms with Gasteiger partial charge in [0, 0.05) is 41.9 Å². The van der Waals surface area contributed by atoms with Gasteiger partial charge in [-0.15, -0.1) is 0 Å². The van der Waals surface area contributed by atoms with E-state index in [0.29, 0.717) is 28.6 Å². The number of halogens is 1. The second kappa shape index (κ2) is 15.9. The number of ether oxygens (including phenoxy) is 2. The minimum absolute atomic E-state index is 0.0444. The number of carbonyl (C=O) groups is 4. The lowest BCUT2D eigenvalue weighted by atomic mass is 9.74. The number of hydrogen-bond donors (Lipinski definition) is 2. The van der Waals surface area contributed by atoms with Crippen molar-refractivity contribution in [1.29, 1.82) is 0 Å². The van der Waals surface area contributed by atoms with Gasteiger partial charge in [-0.1, -0.05) is 72.3 Å². The highest BCUT2D eigenvalue weighted by Gasteiger charge is 2.75. The quantitative estimate of drug-likeness (QED) is 0.272. The second-order valence-corrected chi connectivity index (χ2v) is 15.2. The number of carbonyl (C=O) groups excluding carboxylic acids is 4. The zero-order valence-electron chi connectivity index (χ0n) is 30.2. The maximum absolute atomic E-state index is 15.3. The molecule has 11 nitrogen and oxygen atoms in total. The lowest BCUT2D eigenvalue weighted by Crippen LogP contribution is -2.59. The molecule has 0 aromatic heterocycles. The first-order valence-electron chi connectivity index (χ1n) is 18.4. The summed E-state index contributed by atoms with van der Waals surface area (Å²) < 4.78 is 13.4. The number of rotatable bonds is 9. The minimum atomic E-state index is -1.50. The van der Waals surface area contributed by atoms with Gasteiger partial charge < -0.3 is 34.6 Å². The van der Waals surface area contributed by atoms with Crippen molar-refractivity contribution in [2.24, 2.45) is 17.8 Å². The third-order valence-corrected chi connectivity index (χ3v) is 11.4. The number of aliphatic hydroxyl groups excluding tert-OH is 1. The van der Waals surface area contributed by atoms with Crippen LogP contribution in [0.4, 0.5) is 11.4 Å². The molecule has 2 aromatic rings. The highest BCUT2D eigenvalue weighted by atomic mass is 79.9. The molecule has 0 saturated carbocycles. The Morgan fingerprint density at radius 3 is 2.37 bits per heavy atom. The van der Waals surface area contributed by atoms with E-state index in [4.69, 9.17) is 9.47 Å². The van der Waals surface area contributed by atoms with Gasteiger partial charge in [0.2, 0.25) is 11.8 Å². The van der Waals surface area contributed by atoms with Crippen molar-refractivity contribution < 1.29 is 33.8 Å². The largest absolute Gasteiger partial charge is 0.455 e. The number of allylic oxidation sites excluding steroid dienone is 1. The summed E-state index contributed by atoms with van der Waals surface area (Å²) in [6.45, 7) is 9.66. The number of cyclic esters (lactones) is 1. The molecule has 2 saturated heterocycles. The fraction of sp³-hybridized carbons (Fsp3) is 0.500. The first-order chi connectivity index (χ1) is 25.0. The van der Waals surface area contributed by atoms with Crippen molar-refractivity contribution in [1.82, 2.24) is 10.2 Å². The van der Waals surface area contributed by atoms with Crippen molar-refractivity contribution in [2.75, 3.05) is 42.6 Å². The van der Waals surface area contributed by atoms with Gasteiger partial charge >= 0.3 is 5.97 Å². The molecule has 52 heavy (non-hydrogen) atoms. The van der Waals surface area contributed by atoms with Gasteiger partial charge in [0.1, 0.15) is 29.8 Å².